The van der Waals surface area contributed by atoms with Crippen LogP contribution in [0.1, 0.15) is 17.5 Å². The van der Waals surface area contributed by atoms with Crippen LogP contribution < -0.4 is 0 Å². The van der Waals surface area contributed by atoms with Gasteiger partial charge in [-0.1, -0.05) is 18.2 Å². The number of β-amino-alcohol motifs (C(OH)–C–C–N with tert-alkyl or cyclic N) is 1. The van der Waals surface area contributed by atoms with E-state index in [-0.39, 0.29) is 12.1 Å². The minimum atomic E-state index is -4.86. The monoisotopic (exact) mass is 341 g/mol. The van der Waals surface area contributed by atoms with Gasteiger partial charge in [0.1, 0.15) is 0 Å². The molecular weight excluding hydrogens is 328 g/mol. The van der Waals surface area contributed by atoms with Crippen LogP contribution in [0.25, 0.3) is 0 Å². The predicted octanol–water partition coefficient (Wildman–Crippen LogP) is 2.77. The summed E-state index contributed by atoms with van der Waals surface area (Å²) < 4.78 is 75.8. The van der Waals surface area contributed by atoms with E-state index in [1.165, 1.54) is 6.07 Å². The van der Waals surface area contributed by atoms with E-state index in [9.17, 15) is 36.2 Å². The fraction of sp³-hybridized carbons (Fsp3) is 0.500. The molecule has 3 nitrogen and oxygen atoms in total. The third kappa shape index (κ3) is 3.77. The third-order valence-electron chi connectivity index (χ3n) is 3.74. The summed E-state index contributed by atoms with van der Waals surface area (Å²) in [5.74, 6) is -0.760. The van der Waals surface area contributed by atoms with Crippen molar-refractivity contribution in [2.24, 2.45) is 0 Å². The standard InChI is InChI=1S/C14H13F6NO2/c15-13(16,17)10-3-1-2-9(6-10)7-11(22)21-5-4-12(23,8-21)14(18,19)20/h1-3,6,23H,4-5,7-8H2. The number of hydrogen-bond donors (Lipinski definition) is 1. The SMILES string of the molecule is O=C(Cc1cccc(C(F)(F)F)c1)N1CCC(O)(C(F)(F)F)C1. The average Bonchev–Trinajstić information content (AvgIpc) is 2.82. The zero-order valence-electron chi connectivity index (χ0n) is 11.7. The number of nitrogens with zero attached hydrogens (tertiary/aromatic N) is 1. The molecule has 23 heavy (non-hydrogen) atoms. The molecule has 1 N–H and O–H groups in total. The highest BCUT2D eigenvalue weighted by molar-refractivity contribution is 5.79. The van der Waals surface area contributed by atoms with Gasteiger partial charge in [-0.15, -0.1) is 0 Å². The second kappa shape index (κ2) is 5.70. The lowest BCUT2D eigenvalue weighted by molar-refractivity contribution is -0.253. The first-order valence-electron chi connectivity index (χ1n) is 6.65. The van der Waals surface area contributed by atoms with Gasteiger partial charge < -0.3 is 10.0 Å². The molecule has 1 aliphatic heterocycles. The molecular formula is C14H13F6NO2. The first-order valence-corrected chi connectivity index (χ1v) is 6.65. The van der Waals surface area contributed by atoms with Gasteiger partial charge in [0.15, 0.2) is 5.60 Å². The molecule has 0 saturated carbocycles. The Labute approximate surface area is 127 Å². The minimum absolute atomic E-state index is 0.0484. The fourth-order valence-corrected chi connectivity index (χ4v) is 2.38. The largest absolute Gasteiger partial charge is 0.419 e. The Bertz CT molecular complexity index is 598. The lowest BCUT2D eigenvalue weighted by Crippen LogP contribution is -2.48. The van der Waals surface area contributed by atoms with Gasteiger partial charge >= 0.3 is 12.4 Å². The van der Waals surface area contributed by atoms with Gasteiger partial charge in [-0.3, -0.25) is 4.79 Å². The second-order valence-corrected chi connectivity index (χ2v) is 5.47. The number of benzene rings is 1. The maximum absolute atomic E-state index is 12.7. The lowest BCUT2D eigenvalue weighted by atomic mass is 10.0. The molecule has 1 atom stereocenters. The number of alkyl halides is 6. The number of aliphatic hydroxyl groups is 1. The molecule has 1 saturated heterocycles. The van der Waals surface area contributed by atoms with Crippen LogP contribution in [-0.4, -0.2) is 40.8 Å². The molecule has 0 spiro atoms. The quantitative estimate of drug-likeness (QED) is 0.841. The average molecular weight is 341 g/mol. The fourth-order valence-electron chi connectivity index (χ4n) is 2.38. The van der Waals surface area contributed by atoms with E-state index in [4.69, 9.17) is 0 Å². The van der Waals surface area contributed by atoms with E-state index >= 15 is 0 Å². The van der Waals surface area contributed by atoms with E-state index in [0.717, 1.165) is 23.1 Å². The van der Waals surface area contributed by atoms with Crippen LogP contribution in [0.15, 0.2) is 24.3 Å². The summed E-state index contributed by atoms with van der Waals surface area (Å²) in [6.07, 6.45) is -10.5. The summed E-state index contributed by atoms with van der Waals surface area (Å²) in [7, 11) is 0. The number of amides is 1. The molecule has 1 aromatic carbocycles. The first-order chi connectivity index (χ1) is 10.4. The first kappa shape index (κ1) is 17.6. The summed E-state index contributed by atoms with van der Waals surface area (Å²) in [6, 6.07) is 4.04. The summed E-state index contributed by atoms with van der Waals surface area (Å²) in [4.78, 5) is 12.8. The van der Waals surface area contributed by atoms with Crippen molar-refractivity contribution in [2.45, 2.75) is 30.8 Å². The molecule has 0 aromatic heterocycles. The van der Waals surface area contributed by atoms with Crippen LogP contribution >= 0.6 is 0 Å². The maximum Gasteiger partial charge on any atom is 0.419 e. The minimum Gasteiger partial charge on any atom is -0.379 e. The summed E-state index contributed by atoms with van der Waals surface area (Å²) in [6.45, 7) is -1.21. The van der Waals surface area contributed by atoms with Gasteiger partial charge in [-0.25, -0.2) is 0 Å². The Morgan fingerprint density at radius 1 is 1.22 bits per heavy atom. The van der Waals surface area contributed by atoms with Crippen LogP contribution in [0.2, 0.25) is 0 Å². The maximum atomic E-state index is 12.7. The van der Waals surface area contributed by atoms with Crippen LogP contribution in [0.5, 0.6) is 0 Å². The van der Waals surface area contributed by atoms with Crippen LogP contribution in [0, 0.1) is 0 Å². The van der Waals surface area contributed by atoms with Gasteiger partial charge in [0.05, 0.1) is 18.5 Å². The Morgan fingerprint density at radius 3 is 2.39 bits per heavy atom. The van der Waals surface area contributed by atoms with Crippen molar-refractivity contribution >= 4 is 5.91 Å². The van der Waals surface area contributed by atoms with Crippen LogP contribution in [-0.2, 0) is 17.4 Å². The van der Waals surface area contributed by atoms with E-state index in [1.807, 2.05) is 0 Å². The predicted molar refractivity (Wildman–Crippen MR) is 67.3 cm³/mol. The van der Waals surface area contributed by atoms with Gasteiger partial charge in [0.2, 0.25) is 5.91 Å². The molecule has 1 aromatic rings. The Hall–Kier alpha value is -1.77. The molecule has 0 bridgehead atoms. The zero-order valence-corrected chi connectivity index (χ0v) is 11.7. The molecule has 0 radical (unpaired) electrons. The van der Waals surface area contributed by atoms with Gasteiger partial charge in [0, 0.05) is 13.0 Å². The van der Waals surface area contributed by atoms with E-state index in [1.54, 1.807) is 0 Å². The van der Waals surface area contributed by atoms with Crippen LogP contribution in [0.4, 0.5) is 26.3 Å². The van der Waals surface area contributed by atoms with Gasteiger partial charge in [0.25, 0.3) is 0 Å². The Balaban J connectivity index is 2.07. The van der Waals surface area contributed by atoms with E-state index < -0.39 is 48.8 Å². The number of carbonyl (C=O) groups excluding carboxylic acids is 1. The van der Waals surface area contributed by atoms with Crippen LogP contribution in [0.3, 0.4) is 0 Å². The highest BCUT2D eigenvalue weighted by Gasteiger charge is 2.57. The normalized spacial score (nSPS) is 22.5. The molecule has 1 heterocycles. The highest BCUT2D eigenvalue weighted by atomic mass is 19.4. The molecule has 1 aliphatic rings. The molecule has 1 unspecified atom stereocenters. The summed E-state index contributed by atoms with van der Waals surface area (Å²) in [5, 5.41) is 9.50. The second-order valence-electron chi connectivity index (χ2n) is 5.47. The molecule has 2 rings (SSSR count). The molecule has 128 valence electrons. The number of carbonyl (C=O) groups is 1. The molecule has 9 heteroatoms. The molecule has 1 fully saturated rings. The van der Waals surface area contributed by atoms with Gasteiger partial charge in [-0.05, 0) is 11.6 Å². The number of hydrogen-bond acceptors (Lipinski definition) is 2. The molecule has 1 amide bonds. The number of halogens is 6. The number of likely N-dealkylation sites (tertiary alicyclic amines) is 1. The zero-order chi connectivity index (χ0) is 17.5. The summed E-state index contributed by atoms with van der Waals surface area (Å²) >= 11 is 0. The van der Waals surface area contributed by atoms with E-state index in [2.05, 4.69) is 0 Å². The van der Waals surface area contributed by atoms with E-state index in [0.29, 0.717) is 0 Å². The molecule has 0 aliphatic carbocycles. The van der Waals surface area contributed by atoms with Crippen molar-refractivity contribution in [1.29, 1.82) is 0 Å². The Morgan fingerprint density at radius 2 is 1.87 bits per heavy atom. The summed E-state index contributed by atoms with van der Waals surface area (Å²) in [5.41, 5.74) is -3.85. The van der Waals surface area contributed by atoms with Crippen molar-refractivity contribution in [3.63, 3.8) is 0 Å². The van der Waals surface area contributed by atoms with Crippen molar-refractivity contribution in [3.8, 4) is 0 Å². The topological polar surface area (TPSA) is 40.5 Å². The third-order valence-corrected chi connectivity index (χ3v) is 3.74. The highest BCUT2D eigenvalue weighted by Crippen LogP contribution is 2.37. The smallest absolute Gasteiger partial charge is 0.379 e. The van der Waals surface area contributed by atoms with Gasteiger partial charge in [-0.2, -0.15) is 26.3 Å². The van der Waals surface area contributed by atoms with Crippen molar-refractivity contribution < 1.29 is 36.2 Å². The lowest BCUT2D eigenvalue weighted by Gasteiger charge is -2.26. The van der Waals surface area contributed by atoms with Crippen molar-refractivity contribution in [1.82, 2.24) is 4.90 Å². The van der Waals surface area contributed by atoms with Crippen molar-refractivity contribution in [3.05, 3.63) is 35.4 Å². The Kier molecular flexibility index (Phi) is 4.36. The van der Waals surface area contributed by atoms with Crippen molar-refractivity contribution in [2.75, 3.05) is 13.1 Å². The number of rotatable bonds is 2.